The molecule has 20 heavy (non-hydrogen) atoms. The summed E-state index contributed by atoms with van der Waals surface area (Å²) in [7, 11) is 3.67. The fourth-order valence-electron chi connectivity index (χ4n) is 3.44. The molecule has 1 fully saturated rings. The van der Waals surface area contributed by atoms with Gasteiger partial charge >= 0.3 is 0 Å². The van der Waals surface area contributed by atoms with E-state index in [1.54, 1.807) is 13.3 Å². The first-order valence-electron chi connectivity index (χ1n) is 7.45. The number of methoxy groups -OCH3 is 1. The van der Waals surface area contributed by atoms with Crippen LogP contribution in [0.4, 0.5) is 0 Å². The normalized spacial score (nSPS) is 31.5. The van der Waals surface area contributed by atoms with Crippen LogP contribution in [-0.4, -0.2) is 35.6 Å². The van der Waals surface area contributed by atoms with Crippen LogP contribution in [-0.2, 0) is 11.8 Å². The van der Waals surface area contributed by atoms with Gasteiger partial charge in [0.1, 0.15) is 0 Å². The van der Waals surface area contributed by atoms with Crippen molar-refractivity contribution in [3.8, 4) is 5.75 Å². The number of rotatable bonds is 5. The molecule has 0 aromatic carbocycles. The zero-order chi connectivity index (χ0) is 14.9. The number of hydrogen-bond donors (Lipinski definition) is 1. The van der Waals surface area contributed by atoms with Gasteiger partial charge in [0.25, 0.3) is 0 Å². The van der Waals surface area contributed by atoms with Gasteiger partial charge in [-0.05, 0) is 26.3 Å². The molecular weight excluding hydrogens is 254 g/mol. The lowest BCUT2D eigenvalue weighted by molar-refractivity contribution is 0.0471. The van der Waals surface area contributed by atoms with E-state index in [4.69, 9.17) is 9.47 Å². The fraction of sp³-hybridized carbons (Fsp3) is 0.800. The third-order valence-electron chi connectivity index (χ3n) is 4.59. The third kappa shape index (κ3) is 2.56. The van der Waals surface area contributed by atoms with E-state index in [2.05, 4.69) is 38.1 Å². The SMILES string of the molecule is CCNC(c1c(OC)cnn1C)C1C(C)OC(C)C1C. The predicted molar refractivity (Wildman–Crippen MR) is 78.8 cm³/mol. The van der Waals surface area contributed by atoms with Gasteiger partial charge < -0.3 is 14.8 Å². The van der Waals surface area contributed by atoms with Gasteiger partial charge in [0.05, 0.1) is 37.3 Å². The van der Waals surface area contributed by atoms with Crippen molar-refractivity contribution in [3.63, 3.8) is 0 Å². The summed E-state index contributed by atoms with van der Waals surface area (Å²) in [6.45, 7) is 9.63. The molecule has 0 bridgehead atoms. The zero-order valence-corrected chi connectivity index (χ0v) is 13.4. The van der Waals surface area contributed by atoms with Crippen molar-refractivity contribution in [2.45, 2.75) is 45.9 Å². The molecule has 1 aliphatic heterocycles. The lowest BCUT2D eigenvalue weighted by Crippen LogP contribution is -2.36. The minimum absolute atomic E-state index is 0.192. The average Bonchev–Trinajstić information content (AvgIpc) is 2.89. The van der Waals surface area contributed by atoms with Gasteiger partial charge in [-0.1, -0.05) is 13.8 Å². The number of nitrogens with one attached hydrogen (secondary N) is 1. The summed E-state index contributed by atoms with van der Waals surface area (Å²) in [5.41, 5.74) is 1.11. The Kier molecular flexibility index (Phi) is 4.70. The Morgan fingerprint density at radius 2 is 2.10 bits per heavy atom. The van der Waals surface area contributed by atoms with Crippen LogP contribution < -0.4 is 10.1 Å². The predicted octanol–water partition coefficient (Wildman–Crippen LogP) is 2.14. The number of hydrogen-bond acceptors (Lipinski definition) is 4. The van der Waals surface area contributed by atoms with Gasteiger partial charge in [-0.25, -0.2) is 0 Å². The Labute approximate surface area is 121 Å². The van der Waals surface area contributed by atoms with Gasteiger partial charge in [0.2, 0.25) is 0 Å². The van der Waals surface area contributed by atoms with E-state index in [0.717, 1.165) is 18.0 Å². The molecule has 0 aliphatic carbocycles. The molecule has 114 valence electrons. The maximum atomic E-state index is 6.01. The Bertz CT molecular complexity index is 446. The molecule has 2 heterocycles. The minimum Gasteiger partial charge on any atom is -0.493 e. The van der Waals surface area contributed by atoms with Crippen molar-refractivity contribution in [3.05, 3.63) is 11.9 Å². The quantitative estimate of drug-likeness (QED) is 0.898. The third-order valence-corrected chi connectivity index (χ3v) is 4.59. The second-order valence-electron chi connectivity index (χ2n) is 5.74. The van der Waals surface area contributed by atoms with E-state index >= 15 is 0 Å². The molecule has 0 saturated carbocycles. The summed E-state index contributed by atoms with van der Waals surface area (Å²) >= 11 is 0. The standard InChI is InChI=1S/C15H27N3O2/c1-7-16-14(13-9(2)10(3)20-11(13)4)15-12(19-6)8-17-18(15)5/h8-11,13-14,16H,7H2,1-6H3. The molecule has 0 radical (unpaired) electrons. The minimum atomic E-state index is 0.192. The Morgan fingerprint density at radius 1 is 1.40 bits per heavy atom. The molecule has 0 amide bonds. The van der Waals surface area contributed by atoms with Crippen LogP contribution in [0.25, 0.3) is 0 Å². The molecule has 5 nitrogen and oxygen atoms in total. The fourth-order valence-corrected chi connectivity index (χ4v) is 3.44. The van der Waals surface area contributed by atoms with Gasteiger partial charge in [-0.2, -0.15) is 5.10 Å². The van der Waals surface area contributed by atoms with E-state index in [9.17, 15) is 0 Å². The summed E-state index contributed by atoms with van der Waals surface area (Å²) in [6.07, 6.45) is 2.30. The van der Waals surface area contributed by atoms with E-state index < -0.39 is 0 Å². The van der Waals surface area contributed by atoms with Crippen LogP contribution in [0.1, 0.15) is 39.4 Å². The lowest BCUT2D eigenvalue weighted by atomic mass is 9.82. The van der Waals surface area contributed by atoms with Gasteiger partial charge in [0.15, 0.2) is 5.75 Å². The number of nitrogens with zero attached hydrogens (tertiary/aromatic N) is 2. The topological polar surface area (TPSA) is 48.3 Å². The van der Waals surface area contributed by atoms with E-state index in [1.807, 2.05) is 11.7 Å². The number of aryl methyl sites for hydroxylation is 1. The van der Waals surface area contributed by atoms with Crippen molar-refractivity contribution in [2.24, 2.45) is 18.9 Å². The van der Waals surface area contributed by atoms with E-state index in [1.165, 1.54) is 0 Å². The first-order valence-corrected chi connectivity index (χ1v) is 7.45. The van der Waals surface area contributed by atoms with Crippen molar-refractivity contribution in [2.75, 3.05) is 13.7 Å². The number of aromatic nitrogens is 2. The van der Waals surface area contributed by atoms with Crippen molar-refractivity contribution >= 4 is 0 Å². The largest absolute Gasteiger partial charge is 0.493 e. The molecule has 2 rings (SSSR count). The Hall–Kier alpha value is -1.07. The molecule has 5 heteroatoms. The van der Waals surface area contributed by atoms with Crippen LogP contribution in [0.5, 0.6) is 5.75 Å². The van der Waals surface area contributed by atoms with Gasteiger partial charge in [-0.3, -0.25) is 4.68 Å². The van der Waals surface area contributed by atoms with Crippen LogP contribution in [0.2, 0.25) is 0 Å². The van der Waals surface area contributed by atoms with Crippen LogP contribution >= 0.6 is 0 Å². The average molecular weight is 281 g/mol. The molecule has 1 aromatic heterocycles. The zero-order valence-electron chi connectivity index (χ0n) is 13.4. The Balaban J connectivity index is 2.38. The van der Waals surface area contributed by atoms with Crippen LogP contribution in [0.15, 0.2) is 6.20 Å². The molecule has 1 saturated heterocycles. The molecule has 5 unspecified atom stereocenters. The molecular formula is C15H27N3O2. The van der Waals surface area contributed by atoms with Crippen LogP contribution in [0.3, 0.4) is 0 Å². The highest BCUT2D eigenvalue weighted by Crippen LogP contribution is 2.42. The second kappa shape index (κ2) is 6.14. The molecule has 0 spiro atoms. The summed E-state index contributed by atoms with van der Waals surface area (Å²) < 4.78 is 13.4. The molecule has 1 N–H and O–H groups in total. The van der Waals surface area contributed by atoms with E-state index in [0.29, 0.717) is 11.8 Å². The lowest BCUT2D eigenvalue weighted by Gasteiger charge is -2.30. The molecule has 5 atom stereocenters. The van der Waals surface area contributed by atoms with Gasteiger partial charge in [0, 0.05) is 13.0 Å². The Morgan fingerprint density at radius 3 is 2.60 bits per heavy atom. The van der Waals surface area contributed by atoms with Gasteiger partial charge in [-0.15, -0.1) is 0 Å². The first kappa shape index (κ1) is 15.3. The second-order valence-corrected chi connectivity index (χ2v) is 5.74. The maximum Gasteiger partial charge on any atom is 0.161 e. The highest BCUT2D eigenvalue weighted by Gasteiger charge is 2.43. The maximum absolute atomic E-state index is 6.01. The molecule has 1 aromatic rings. The van der Waals surface area contributed by atoms with Crippen molar-refractivity contribution in [1.82, 2.24) is 15.1 Å². The van der Waals surface area contributed by atoms with Crippen LogP contribution in [0, 0.1) is 11.8 Å². The summed E-state index contributed by atoms with van der Waals surface area (Å²) in [4.78, 5) is 0. The summed E-state index contributed by atoms with van der Waals surface area (Å²) in [5, 5.41) is 7.94. The molecule has 1 aliphatic rings. The first-order chi connectivity index (χ1) is 9.51. The monoisotopic (exact) mass is 281 g/mol. The smallest absolute Gasteiger partial charge is 0.161 e. The number of ether oxygens (including phenoxy) is 2. The van der Waals surface area contributed by atoms with Crippen molar-refractivity contribution < 1.29 is 9.47 Å². The highest BCUT2D eigenvalue weighted by atomic mass is 16.5. The highest BCUT2D eigenvalue weighted by molar-refractivity contribution is 5.29. The summed E-state index contributed by atoms with van der Waals surface area (Å²) in [5.74, 6) is 1.75. The van der Waals surface area contributed by atoms with Crippen molar-refractivity contribution in [1.29, 1.82) is 0 Å². The van der Waals surface area contributed by atoms with E-state index in [-0.39, 0.29) is 18.2 Å². The summed E-state index contributed by atoms with van der Waals surface area (Å²) in [6, 6.07) is 0.192.